The maximum atomic E-state index is 5.10. The first-order valence-corrected chi connectivity index (χ1v) is 12.6. The van der Waals surface area contributed by atoms with Gasteiger partial charge in [-0.1, -0.05) is 78.9 Å². The van der Waals surface area contributed by atoms with E-state index in [1.165, 1.54) is 0 Å². The van der Waals surface area contributed by atoms with E-state index in [0.29, 0.717) is 0 Å². The summed E-state index contributed by atoms with van der Waals surface area (Å²) in [7, 11) is 0. The number of hydrogen-bond acceptors (Lipinski definition) is 3. The molecule has 0 saturated carbocycles. The van der Waals surface area contributed by atoms with Crippen LogP contribution in [0.1, 0.15) is 0 Å². The summed E-state index contributed by atoms with van der Waals surface area (Å²) in [6.07, 6.45) is 6.21. The summed E-state index contributed by atoms with van der Waals surface area (Å²) in [5.41, 5.74) is 11.1. The lowest BCUT2D eigenvalue weighted by Gasteiger charge is -2.09. The summed E-state index contributed by atoms with van der Waals surface area (Å²) in [6.45, 7) is 0. The van der Waals surface area contributed by atoms with E-state index in [4.69, 9.17) is 15.0 Å². The molecular formula is C33H21N5. The Balaban J connectivity index is 1.24. The van der Waals surface area contributed by atoms with Gasteiger partial charge in [0.25, 0.3) is 0 Å². The van der Waals surface area contributed by atoms with Crippen molar-refractivity contribution >= 4 is 33.2 Å². The van der Waals surface area contributed by atoms with Crippen LogP contribution in [-0.2, 0) is 0 Å². The topological polar surface area (TPSA) is 47.5 Å². The fourth-order valence-electron chi connectivity index (χ4n) is 5.29. The molecule has 0 aliphatic rings. The largest absolute Gasteiger partial charge is 0.306 e. The van der Waals surface area contributed by atoms with Gasteiger partial charge in [0.05, 0.1) is 22.4 Å². The van der Waals surface area contributed by atoms with E-state index in [0.717, 1.165) is 66.9 Å². The maximum Gasteiger partial charge on any atom is 0.138 e. The van der Waals surface area contributed by atoms with Gasteiger partial charge in [0, 0.05) is 35.1 Å². The molecule has 5 heterocycles. The third kappa shape index (κ3) is 3.22. The van der Waals surface area contributed by atoms with Gasteiger partial charge in [0.2, 0.25) is 0 Å². The predicted octanol–water partition coefficient (Wildman–Crippen LogP) is 7.68. The third-order valence-corrected chi connectivity index (χ3v) is 7.17. The number of imidazole rings is 2. The smallest absolute Gasteiger partial charge is 0.138 e. The lowest BCUT2D eigenvalue weighted by molar-refractivity contribution is 1.19. The van der Waals surface area contributed by atoms with Crippen molar-refractivity contribution in [3.63, 3.8) is 0 Å². The summed E-state index contributed by atoms with van der Waals surface area (Å²) in [5.74, 6) is 0. The highest BCUT2D eigenvalue weighted by Crippen LogP contribution is 2.34. The number of benzene rings is 3. The standard InChI is InChI=1S/C33H21N5/c1-2-8-23(9-3-1)28-21-37-19-17-25(20-30(37)34-28)22-13-15-24(16-14-22)31-33-32(26-10-4-5-11-27(26)35-31)36-29-12-6-7-18-38(29)33/h1-21H. The van der Waals surface area contributed by atoms with Crippen LogP contribution >= 0.6 is 0 Å². The van der Waals surface area contributed by atoms with E-state index in [1.807, 2.05) is 48.5 Å². The number of para-hydroxylation sites is 1. The summed E-state index contributed by atoms with van der Waals surface area (Å²) < 4.78 is 4.20. The van der Waals surface area contributed by atoms with Crippen molar-refractivity contribution in [2.45, 2.75) is 0 Å². The van der Waals surface area contributed by atoms with Crippen LogP contribution in [0.4, 0.5) is 0 Å². The molecule has 8 rings (SSSR count). The Morgan fingerprint density at radius 2 is 1.32 bits per heavy atom. The second-order valence-corrected chi connectivity index (χ2v) is 9.47. The van der Waals surface area contributed by atoms with Gasteiger partial charge in [-0.25, -0.2) is 15.0 Å². The molecule has 0 amide bonds. The minimum atomic E-state index is 0.918. The number of pyridine rings is 3. The van der Waals surface area contributed by atoms with Gasteiger partial charge in [-0.3, -0.25) is 4.40 Å². The van der Waals surface area contributed by atoms with Crippen molar-refractivity contribution in [2.75, 3.05) is 0 Å². The van der Waals surface area contributed by atoms with Crippen LogP contribution in [0.25, 0.3) is 66.9 Å². The van der Waals surface area contributed by atoms with Crippen molar-refractivity contribution in [1.82, 2.24) is 23.8 Å². The van der Waals surface area contributed by atoms with Crippen molar-refractivity contribution in [1.29, 1.82) is 0 Å². The zero-order valence-electron chi connectivity index (χ0n) is 20.4. The van der Waals surface area contributed by atoms with Crippen LogP contribution < -0.4 is 0 Å². The summed E-state index contributed by atoms with van der Waals surface area (Å²) in [6, 6.07) is 37.5. The van der Waals surface area contributed by atoms with Gasteiger partial charge in [0.1, 0.15) is 16.8 Å². The van der Waals surface area contributed by atoms with Gasteiger partial charge in [-0.2, -0.15) is 0 Å². The van der Waals surface area contributed by atoms with Gasteiger partial charge in [-0.15, -0.1) is 0 Å². The van der Waals surface area contributed by atoms with E-state index in [9.17, 15) is 0 Å². The molecule has 5 heteroatoms. The van der Waals surface area contributed by atoms with Gasteiger partial charge in [0.15, 0.2) is 0 Å². The van der Waals surface area contributed by atoms with Crippen LogP contribution in [-0.4, -0.2) is 23.8 Å². The lowest BCUT2D eigenvalue weighted by Crippen LogP contribution is -1.92. The molecule has 5 nitrogen and oxygen atoms in total. The van der Waals surface area contributed by atoms with Gasteiger partial charge >= 0.3 is 0 Å². The molecule has 38 heavy (non-hydrogen) atoms. The molecule has 0 fully saturated rings. The molecule has 0 N–H and O–H groups in total. The molecule has 0 aliphatic heterocycles. The number of aromatic nitrogens is 5. The molecule has 0 unspecified atom stereocenters. The summed E-state index contributed by atoms with van der Waals surface area (Å²) in [5, 5.41) is 1.06. The van der Waals surface area contributed by atoms with Gasteiger partial charge < -0.3 is 4.40 Å². The highest BCUT2D eigenvalue weighted by atomic mass is 15.0. The molecule has 0 radical (unpaired) electrons. The van der Waals surface area contributed by atoms with Crippen LogP contribution in [0, 0.1) is 0 Å². The molecule has 0 aliphatic carbocycles. The minimum Gasteiger partial charge on any atom is -0.306 e. The third-order valence-electron chi connectivity index (χ3n) is 7.17. The van der Waals surface area contributed by atoms with E-state index < -0.39 is 0 Å². The van der Waals surface area contributed by atoms with E-state index >= 15 is 0 Å². The molecule has 3 aromatic carbocycles. The normalized spacial score (nSPS) is 11.7. The second-order valence-electron chi connectivity index (χ2n) is 9.47. The molecule has 0 saturated heterocycles. The zero-order valence-corrected chi connectivity index (χ0v) is 20.4. The fraction of sp³-hybridized carbons (Fsp3) is 0. The predicted molar refractivity (Wildman–Crippen MR) is 153 cm³/mol. The lowest BCUT2D eigenvalue weighted by atomic mass is 10.0. The summed E-state index contributed by atoms with van der Waals surface area (Å²) >= 11 is 0. The zero-order chi connectivity index (χ0) is 25.1. The van der Waals surface area contributed by atoms with Crippen molar-refractivity contribution < 1.29 is 0 Å². The van der Waals surface area contributed by atoms with E-state index in [-0.39, 0.29) is 0 Å². The monoisotopic (exact) mass is 487 g/mol. The Kier molecular flexibility index (Phi) is 4.45. The molecule has 0 atom stereocenters. The molecule has 0 bridgehead atoms. The first kappa shape index (κ1) is 20.9. The van der Waals surface area contributed by atoms with Crippen molar-refractivity contribution in [3.8, 4) is 33.6 Å². The molecular weight excluding hydrogens is 466 g/mol. The summed E-state index contributed by atoms with van der Waals surface area (Å²) in [4.78, 5) is 14.9. The van der Waals surface area contributed by atoms with Crippen molar-refractivity contribution in [3.05, 3.63) is 128 Å². The highest BCUT2D eigenvalue weighted by molar-refractivity contribution is 6.09. The number of rotatable bonds is 3. The Labute approximate surface area is 218 Å². The Morgan fingerprint density at radius 1 is 0.526 bits per heavy atom. The average molecular weight is 488 g/mol. The number of nitrogens with zero attached hydrogens (tertiary/aromatic N) is 5. The Bertz CT molecular complexity index is 2120. The molecule has 178 valence electrons. The van der Waals surface area contributed by atoms with Crippen LogP contribution in [0.2, 0.25) is 0 Å². The Morgan fingerprint density at radius 3 is 2.21 bits per heavy atom. The first-order chi connectivity index (χ1) is 18.8. The highest BCUT2D eigenvalue weighted by Gasteiger charge is 2.16. The van der Waals surface area contributed by atoms with Crippen LogP contribution in [0.5, 0.6) is 0 Å². The number of hydrogen-bond donors (Lipinski definition) is 0. The second kappa shape index (κ2) is 8.11. The maximum absolute atomic E-state index is 5.10. The van der Waals surface area contributed by atoms with Gasteiger partial charge in [-0.05, 0) is 41.5 Å². The van der Waals surface area contributed by atoms with Crippen molar-refractivity contribution in [2.24, 2.45) is 0 Å². The SMILES string of the molecule is c1ccc(-c2cn3ccc(-c4ccc(-c5nc6ccccc6c6nc7ccccn7c56)cc4)cc3n2)cc1. The molecule has 0 spiro atoms. The quantitative estimate of drug-likeness (QED) is 0.257. The Hall–Kier alpha value is -5.29. The van der Waals surface area contributed by atoms with E-state index in [1.54, 1.807) is 0 Å². The average Bonchev–Trinajstić information content (AvgIpc) is 3.59. The van der Waals surface area contributed by atoms with Crippen LogP contribution in [0.3, 0.4) is 0 Å². The van der Waals surface area contributed by atoms with Crippen LogP contribution in [0.15, 0.2) is 128 Å². The fourth-order valence-corrected chi connectivity index (χ4v) is 5.29. The molecule has 8 aromatic rings. The molecule has 5 aromatic heterocycles. The number of fused-ring (bicyclic) bond motifs is 6. The minimum absolute atomic E-state index is 0.918. The van der Waals surface area contributed by atoms with E-state index in [2.05, 4.69) is 88.1 Å². The first-order valence-electron chi connectivity index (χ1n) is 12.6.